The van der Waals surface area contributed by atoms with Gasteiger partial charge in [-0.15, -0.1) is 0 Å². The molecular weight excluding hydrogens is 226 g/mol. The third-order valence-electron chi connectivity index (χ3n) is 2.96. The van der Waals surface area contributed by atoms with Crippen molar-refractivity contribution in [2.45, 2.75) is 32.9 Å². The molecule has 2 N–H and O–H groups in total. The summed E-state index contributed by atoms with van der Waals surface area (Å²) in [6, 6.07) is 9.97. The molecule has 0 spiro atoms. The van der Waals surface area contributed by atoms with Crippen LogP contribution >= 0.6 is 0 Å². The van der Waals surface area contributed by atoms with Crippen molar-refractivity contribution in [2.75, 3.05) is 0 Å². The van der Waals surface area contributed by atoms with E-state index in [4.69, 9.17) is 14.9 Å². The Bertz CT molecular complexity index is 503. The lowest BCUT2D eigenvalue weighted by Crippen LogP contribution is -2.03. The standard InChI is InChI=1S/C15H19NO2/c1-11(2)13-5-3-4-6-14(13)18-10-15-12(9-16)7-8-17-15/h3-8,11H,9-10,16H2,1-2H3. The number of furan rings is 1. The molecule has 3 nitrogen and oxygen atoms in total. The highest BCUT2D eigenvalue weighted by Crippen LogP contribution is 2.26. The van der Waals surface area contributed by atoms with E-state index >= 15 is 0 Å². The van der Waals surface area contributed by atoms with Crippen LogP contribution in [0.4, 0.5) is 0 Å². The zero-order valence-electron chi connectivity index (χ0n) is 10.8. The summed E-state index contributed by atoms with van der Waals surface area (Å²) in [6.45, 7) is 5.20. The number of nitrogens with two attached hydrogens (primary N) is 1. The normalized spacial score (nSPS) is 10.9. The number of ether oxygens (including phenoxy) is 1. The third kappa shape index (κ3) is 2.74. The van der Waals surface area contributed by atoms with Gasteiger partial charge in [-0.3, -0.25) is 0 Å². The first kappa shape index (κ1) is 12.7. The second-order valence-electron chi connectivity index (χ2n) is 4.55. The van der Waals surface area contributed by atoms with Crippen LogP contribution in [0, 0.1) is 0 Å². The van der Waals surface area contributed by atoms with Crippen LogP contribution in [0.2, 0.25) is 0 Å². The largest absolute Gasteiger partial charge is 0.485 e. The van der Waals surface area contributed by atoms with Crippen molar-refractivity contribution < 1.29 is 9.15 Å². The molecule has 0 aliphatic carbocycles. The average Bonchev–Trinajstić information content (AvgIpc) is 2.84. The Morgan fingerprint density at radius 2 is 2.00 bits per heavy atom. The molecule has 1 aromatic carbocycles. The molecule has 2 rings (SSSR count). The minimum Gasteiger partial charge on any atom is -0.485 e. The zero-order valence-corrected chi connectivity index (χ0v) is 10.8. The van der Waals surface area contributed by atoms with Gasteiger partial charge >= 0.3 is 0 Å². The molecule has 0 aliphatic heterocycles. The lowest BCUT2D eigenvalue weighted by Gasteiger charge is -2.13. The van der Waals surface area contributed by atoms with E-state index < -0.39 is 0 Å². The van der Waals surface area contributed by atoms with Crippen LogP contribution in [-0.4, -0.2) is 0 Å². The number of rotatable bonds is 5. The Morgan fingerprint density at radius 1 is 1.22 bits per heavy atom. The Balaban J connectivity index is 2.11. The maximum Gasteiger partial charge on any atom is 0.146 e. The van der Waals surface area contributed by atoms with Gasteiger partial charge in [0.25, 0.3) is 0 Å². The van der Waals surface area contributed by atoms with E-state index in [1.165, 1.54) is 5.56 Å². The first-order valence-electron chi connectivity index (χ1n) is 6.19. The minimum absolute atomic E-state index is 0.420. The molecule has 0 atom stereocenters. The second-order valence-corrected chi connectivity index (χ2v) is 4.55. The van der Waals surface area contributed by atoms with E-state index in [1.54, 1.807) is 6.26 Å². The van der Waals surface area contributed by atoms with Crippen molar-refractivity contribution in [3.05, 3.63) is 53.5 Å². The van der Waals surface area contributed by atoms with Crippen LogP contribution in [0.1, 0.15) is 36.7 Å². The fourth-order valence-electron chi connectivity index (χ4n) is 1.91. The van der Waals surface area contributed by atoms with Gasteiger partial charge in [-0.2, -0.15) is 0 Å². The van der Waals surface area contributed by atoms with E-state index in [1.807, 2.05) is 24.3 Å². The Labute approximate surface area is 108 Å². The minimum atomic E-state index is 0.420. The van der Waals surface area contributed by atoms with Crippen molar-refractivity contribution in [3.63, 3.8) is 0 Å². The summed E-state index contributed by atoms with van der Waals surface area (Å²) in [4.78, 5) is 0. The molecule has 0 saturated carbocycles. The highest BCUT2D eigenvalue weighted by molar-refractivity contribution is 5.35. The predicted octanol–water partition coefficient (Wildman–Crippen LogP) is 3.44. The van der Waals surface area contributed by atoms with Crippen LogP contribution in [-0.2, 0) is 13.2 Å². The van der Waals surface area contributed by atoms with Gasteiger partial charge in [0.05, 0.1) is 6.26 Å². The molecular formula is C15H19NO2. The molecule has 96 valence electrons. The van der Waals surface area contributed by atoms with Crippen LogP contribution in [0.15, 0.2) is 41.0 Å². The number of hydrogen-bond donors (Lipinski definition) is 1. The molecule has 0 bridgehead atoms. The van der Waals surface area contributed by atoms with Crippen molar-refractivity contribution in [1.29, 1.82) is 0 Å². The van der Waals surface area contributed by atoms with Gasteiger partial charge < -0.3 is 14.9 Å². The van der Waals surface area contributed by atoms with Gasteiger partial charge in [0.1, 0.15) is 18.1 Å². The number of para-hydroxylation sites is 1. The van der Waals surface area contributed by atoms with Crippen molar-refractivity contribution in [1.82, 2.24) is 0 Å². The van der Waals surface area contributed by atoms with Gasteiger partial charge in [-0.05, 0) is 23.6 Å². The summed E-state index contributed by atoms with van der Waals surface area (Å²) < 4.78 is 11.2. The van der Waals surface area contributed by atoms with Crippen LogP contribution in [0.25, 0.3) is 0 Å². The summed E-state index contributed by atoms with van der Waals surface area (Å²) in [7, 11) is 0. The van der Waals surface area contributed by atoms with Crippen LogP contribution in [0.5, 0.6) is 5.75 Å². The van der Waals surface area contributed by atoms with Crippen molar-refractivity contribution >= 4 is 0 Å². The fraction of sp³-hybridized carbons (Fsp3) is 0.333. The molecule has 0 radical (unpaired) electrons. The smallest absolute Gasteiger partial charge is 0.146 e. The lowest BCUT2D eigenvalue weighted by molar-refractivity contribution is 0.265. The third-order valence-corrected chi connectivity index (χ3v) is 2.96. The molecule has 0 fully saturated rings. The highest BCUT2D eigenvalue weighted by Gasteiger charge is 2.09. The summed E-state index contributed by atoms with van der Waals surface area (Å²) in [5, 5.41) is 0. The maximum absolute atomic E-state index is 5.84. The summed E-state index contributed by atoms with van der Waals surface area (Å²) in [6.07, 6.45) is 1.65. The summed E-state index contributed by atoms with van der Waals surface area (Å²) in [5.74, 6) is 2.15. The molecule has 18 heavy (non-hydrogen) atoms. The van der Waals surface area contributed by atoms with Crippen LogP contribution in [0.3, 0.4) is 0 Å². The Kier molecular flexibility index (Phi) is 4.05. The van der Waals surface area contributed by atoms with Crippen molar-refractivity contribution in [2.24, 2.45) is 5.73 Å². The van der Waals surface area contributed by atoms with Gasteiger partial charge in [-0.1, -0.05) is 32.0 Å². The predicted molar refractivity (Wildman–Crippen MR) is 71.5 cm³/mol. The Hall–Kier alpha value is -1.74. The topological polar surface area (TPSA) is 48.4 Å². The first-order valence-corrected chi connectivity index (χ1v) is 6.19. The van der Waals surface area contributed by atoms with E-state index in [9.17, 15) is 0 Å². The van der Waals surface area contributed by atoms with Gasteiger partial charge in [0.15, 0.2) is 0 Å². The molecule has 0 unspecified atom stereocenters. The van der Waals surface area contributed by atoms with Crippen molar-refractivity contribution in [3.8, 4) is 5.75 Å². The maximum atomic E-state index is 5.84. The molecule has 0 saturated heterocycles. The van der Waals surface area contributed by atoms with Gasteiger partial charge in [0.2, 0.25) is 0 Å². The van der Waals surface area contributed by atoms with Gasteiger partial charge in [-0.25, -0.2) is 0 Å². The van der Waals surface area contributed by atoms with E-state index in [0.717, 1.165) is 17.1 Å². The molecule has 0 amide bonds. The quantitative estimate of drug-likeness (QED) is 0.877. The summed E-state index contributed by atoms with van der Waals surface area (Å²) >= 11 is 0. The lowest BCUT2D eigenvalue weighted by atomic mass is 10.0. The molecule has 2 aromatic rings. The van der Waals surface area contributed by atoms with E-state index in [2.05, 4.69) is 19.9 Å². The monoisotopic (exact) mass is 245 g/mol. The molecule has 1 heterocycles. The zero-order chi connectivity index (χ0) is 13.0. The molecule has 3 heteroatoms. The number of hydrogen-bond acceptors (Lipinski definition) is 3. The van der Waals surface area contributed by atoms with Crippen LogP contribution < -0.4 is 10.5 Å². The molecule has 1 aromatic heterocycles. The SMILES string of the molecule is CC(C)c1ccccc1OCc1occc1CN. The van der Waals surface area contributed by atoms with Gasteiger partial charge in [0, 0.05) is 12.1 Å². The number of benzene rings is 1. The molecule has 0 aliphatic rings. The first-order chi connectivity index (χ1) is 8.72. The fourth-order valence-corrected chi connectivity index (χ4v) is 1.91. The average molecular weight is 245 g/mol. The Morgan fingerprint density at radius 3 is 2.72 bits per heavy atom. The second kappa shape index (κ2) is 5.74. The highest BCUT2D eigenvalue weighted by atomic mass is 16.5. The van der Waals surface area contributed by atoms with E-state index in [-0.39, 0.29) is 0 Å². The summed E-state index contributed by atoms with van der Waals surface area (Å²) in [5.41, 5.74) is 7.83. The van der Waals surface area contributed by atoms with E-state index in [0.29, 0.717) is 19.1 Å².